The Labute approximate surface area is 159 Å². The van der Waals surface area contributed by atoms with Crippen LogP contribution in [0.3, 0.4) is 0 Å². The van der Waals surface area contributed by atoms with Crippen LogP contribution >= 0.6 is 0 Å². The van der Waals surface area contributed by atoms with Crippen molar-refractivity contribution in [2.75, 3.05) is 10.6 Å². The van der Waals surface area contributed by atoms with E-state index in [-0.39, 0.29) is 5.78 Å². The molecule has 0 aliphatic carbocycles. The topological polar surface area (TPSA) is 66.9 Å². The summed E-state index contributed by atoms with van der Waals surface area (Å²) in [5.41, 5.74) is 4.99. The van der Waals surface area contributed by atoms with Crippen LogP contribution in [0.25, 0.3) is 0 Å². The zero-order chi connectivity index (χ0) is 19.4. The molecular formula is C22H24N4O. The molecule has 3 aromatic rings. The number of benzene rings is 2. The number of hydrogen-bond acceptors (Lipinski definition) is 5. The van der Waals surface area contributed by atoms with Crippen LogP contribution in [0.5, 0.6) is 0 Å². The summed E-state index contributed by atoms with van der Waals surface area (Å²) in [6.45, 7) is 7.65. The summed E-state index contributed by atoms with van der Waals surface area (Å²) in [7, 11) is 0. The summed E-state index contributed by atoms with van der Waals surface area (Å²) < 4.78 is 0. The Balaban J connectivity index is 1.89. The molecule has 0 radical (unpaired) electrons. The van der Waals surface area contributed by atoms with Gasteiger partial charge in [-0.05, 0) is 50.5 Å². The van der Waals surface area contributed by atoms with Gasteiger partial charge in [-0.1, -0.05) is 37.3 Å². The quantitative estimate of drug-likeness (QED) is 0.580. The normalized spacial score (nSPS) is 10.5. The standard InChI is InChI=1S/C22H24N4O/c1-5-17-9-6-8-14(2)22(17)26-21-13-20(23-16(4)24-21)25-19-11-7-10-18(12-19)15(3)27/h6-13H,5H2,1-4H3,(H2,23,24,25,26). The van der Waals surface area contributed by atoms with E-state index in [1.165, 1.54) is 11.1 Å². The maximum Gasteiger partial charge on any atom is 0.159 e. The number of para-hydroxylation sites is 1. The van der Waals surface area contributed by atoms with E-state index in [1.54, 1.807) is 13.0 Å². The molecule has 5 nitrogen and oxygen atoms in total. The SMILES string of the molecule is CCc1cccc(C)c1Nc1cc(Nc2cccc(C(C)=O)c2)nc(C)n1. The minimum absolute atomic E-state index is 0.0338. The second-order valence-corrected chi connectivity index (χ2v) is 6.54. The van der Waals surface area contributed by atoms with Gasteiger partial charge in [0.15, 0.2) is 5.78 Å². The molecule has 1 heterocycles. The fraction of sp³-hybridized carbons (Fsp3) is 0.227. The Bertz CT molecular complexity index is 982. The van der Waals surface area contributed by atoms with Crippen molar-refractivity contribution in [3.05, 3.63) is 71.0 Å². The van der Waals surface area contributed by atoms with Crippen LogP contribution in [0, 0.1) is 13.8 Å². The van der Waals surface area contributed by atoms with Gasteiger partial charge in [-0.3, -0.25) is 4.79 Å². The van der Waals surface area contributed by atoms with Crippen molar-refractivity contribution < 1.29 is 4.79 Å². The van der Waals surface area contributed by atoms with Crippen LogP contribution in [-0.4, -0.2) is 15.8 Å². The van der Waals surface area contributed by atoms with Crippen LogP contribution in [0.2, 0.25) is 0 Å². The van der Waals surface area contributed by atoms with Crippen molar-refractivity contribution >= 4 is 28.8 Å². The predicted octanol–water partition coefficient (Wildman–Crippen LogP) is 5.35. The highest BCUT2D eigenvalue weighted by atomic mass is 16.1. The second kappa shape index (κ2) is 7.99. The van der Waals surface area contributed by atoms with Crippen molar-refractivity contribution in [1.29, 1.82) is 0 Å². The molecule has 1 aromatic heterocycles. The largest absolute Gasteiger partial charge is 0.340 e. The van der Waals surface area contributed by atoms with Crippen molar-refractivity contribution in [3.8, 4) is 0 Å². The molecule has 0 bridgehead atoms. The third-order valence-electron chi connectivity index (χ3n) is 4.37. The van der Waals surface area contributed by atoms with E-state index in [1.807, 2.05) is 31.2 Å². The van der Waals surface area contributed by atoms with Crippen LogP contribution < -0.4 is 10.6 Å². The first-order valence-electron chi connectivity index (χ1n) is 9.05. The molecule has 3 rings (SSSR count). The summed E-state index contributed by atoms with van der Waals surface area (Å²) in [5, 5.41) is 6.71. The highest BCUT2D eigenvalue weighted by molar-refractivity contribution is 5.95. The Morgan fingerprint density at radius 1 is 0.963 bits per heavy atom. The maximum absolute atomic E-state index is 11.6. The molecule has 0 aliphatic rings. The molecule has 0 aliphatic heterocycles. The molecule has 27 heavy (non-hydrogen) atoms. The lowest BCUT2D eigenvalue weighted by atomic mass is 10.1. The van der Waals surface area contributed by atoms with E-state index in [0.717, 1.165) is 23.6 Å². The van der Waals surface area contributed by atoms with Crippen molar-refractivity contribution in [3.63, 3.8) is 0 Å². The molecule has 0 amide bonds. The molecule has 2 aromatic carbocycles. The summed E-state index contributed by atoms with van der Waals surface area (Å²) in [6.07, 6.45) is 0.941. The second-order valence-electron chi connectivity index (χ2n) is 6.54. The molecular weight excluding hydrogens is 336 g/mol. The van der Waals surface area contributed by atoms with Crippen molar-refractivity contribution in [2.24, 2.45) is 0 Å². The third-order valence-corrected chi connectivity index (χ3v) is 4.37. The number of carbonyl (C=O) groups excluding carboxylic acids is 1. The van der Waals surface area contributed by atoms with Crippen LogP contribution in [0.1, 0.15) is 41.2 Å². The summed E-state index contributed by atoms with van der Waals surface area (Å²) in [6, 6.07) is 15.5. The van der Waals surface area contributed by atoms with Gasteiger partial charge in [-0.25, -0.2) is 9.97 Å². The number of anilines is 4. The zero-order valence-corrected chi connectivity index (χ0v) is 16.1. The lowest BCUT2D eigenvalue weighted by Crippen LogP contribution is -2.04. The summed E-state index contributed by atoms with van der Waals surface area (Å²) >= 11 is 0. The van der Waals surface area contributed by atoms with E-state index in [4.69, 9.17) is 0 Å². The van der Waals surface area contributed by atoms with Gasteiger partial charge < -0.3 is 10.6 Å². The number of carbonyl (C=O) groups is 1. The van der Waals surface area contributed by atoms with Gasteiger partial charge in [-0.2, -0.15) is 0 Å². The highest BCUT2D eigenvalue weighted by Crippen LogP contribution is 2.26. The molecule has 0 saturated heterocycles. The lowest BCUT2D eigenvalue weighted by Gasteiger charge is -2.15. The van der Waals surface area contributed by atoms with Gasteiger partial charge in [-0.15, -0.1) is 0 Å². The first kappa shape index (κ1) is 18.6. The molecule has 0 spiro atoms. The summed E-state index contributed by atoms with van der Waals surface area (Å²) in [5.74, 6) is 2.11. The number of Topliss-reactive ketones (excluding diaryl/α,β-unsaturated/α-hetero) is 1. The highest BCUT2D eigenvalue weighted by Gasteiger charge is 2.08. The van der Waals surface area contributed by atoms with Gasteiger partial charge in [0.05, 0.1) is 0 Å². The molecule has 0 saturated carbocycles. The van der Waals surface area contributed by atoms with Crippen LogP contribution in [0.15, 0.2) is 48.5 Å². The average molecular weight is 360 g/mol. The first-order valence-corrected chi connectivity index (χ1v) is 9.05. The van der Waals surface area contributed by atoms with E-state index >= 15 is 0 Å². The Hall–Kier alpha value is -3.21. The van der Waals surface area contributed by atoms with E-state index in [2.05, 4.69) is 52.6 Å². The fourth-order valence-electron chi connectivity index (χ4n) is 2.99. The van der Waals surface area contributed by atoms with Gasteiger partial charge in [0, 0.05) is 23.0 Å². The smallest absolute Gasteiger partial charge is 0.159 e. The van der Waals surface area contributed by atoms with Gasteiger partial charge in [0.2, 0.25) is 0 Å². The fourth-order valence-corrected chi connectivity index (χ4v) is 2.99. The molecule has 0 fully saturated rings. The number of aryl methyl sites for hydroxylation is 3. The van der Waals surface area contributed by atoms with E-state index in [0.29, 0.717) is 17.2 Å². The molecule has 2 N–H and O–H groups in total. The lowest BCUT2D eigenvalue weighted by molar-refractivity contribution is 0.101. The maximum atomic E-state index is 11.6. The molecule has 138 valence electrons. The molecule has 0 atom stereocenters. The zero-order valence-electron chi connectivity index (χ0n) is 16.1. The monoisotopic (exact) mass is 360 g/mol. The van der Waals surface area contributed by atoms with E-state index in [9.17, 15) is 4.79 Å². The van der Waals surface area contributed by atoms with Crippen LogP contribution in [0.4, 0.5) is 23.0 Å². The van der Waals surface area contributed by atoms with E-state index < -0.39 is 0 Å². The third kappa shape index (κ3) is 4.50. The minimum atomic E-state index is 0.0338. The number of hydrogen-bond donors (Lipinski definition) is 2. The van der Waals surface area contributed by atoms with Crippen molar-refractivity contribution in [2.45, 2.75) is 34.1 Å². The number of ketones is 1. The number of aromatic nitrogens is 2. The van der Waals surface area contributed by atoms with Crippen LogP contribution in [-0.2, 0) is 6.42 Å². The first-order chi connectivity index (χ1) is 13.0. The Morgan fingerprint density at radius 3 is 2.37 bits per heavy atom. The van der Waals surface area contributed by atoms with Gasteiger partial charge in [0.25, 0.3) is 0 Å². The molecule has 0 unspecified atom stereocenters. The molecule has 5 heteroatoms. The number of rotatable bonds is 6. The van der Waals surface area contributed by atoms with Gasteiger partial charge in [0.1, 0.15) is 17.5 Å². The number of nitrogens with one attached hydrogen (secondary N) is 2. The Kier molecular flexibility index (Phi) is 5.50. The minimum Gasteiger partial charge on any atom is -0.340 e. The van der Waals surface area contributed by atoms with Crippen molar-refractivity contribution in [1.82, 2.24) is 9.97 Å². The number of nitrogens with zero attached hydrogens (tertiary/aromatic N) is 2. The Morgan fingerprint density at radius 2 is 1.67 bits per heavy atom. The summed E-state index contributed by atoms with van der Waals surface area (Å²) in [4.78, 5) is 20.6. The average Bonchev–Trinajstić information content (AvgIpc) is 2.63. The van der Waals surface area contributed by atoms with Gasteiger partial charge >= 0.3 is 0 Å². The predicted molar refractivity (Wildman–Crippen MR) is 110 cm³/mol.